The summed E-state index contributed by atoms with van der Waals surface area (Å²) in [6, 6.07) is 0.570. The Balaban J connectivity index is 1.92. The molecule has 94 valence electrons. The lowest BCUT2D eigenvalue weighted by molar-refractivity contribution is 0.180. The molecule has 0 aromatic carbocycles. The van der Waals surface area contributed by atoms with E-state index >= 15 is 0 Å². The molecule has 0 saturated heterocycles. The third kappa shape index (κ3) is 2.19. The number of H-pyrrole nitrogens is 1. The van der Waals surface area contributed by atoms with E-state index < -0.39 is 0 Å². The van der Waals surface area contributed by atoms with E-state index in [1.807, 2.05) is 0 Å². The Morgan fingerprint density at radius 3 is 2.76 bits per heavy atom. The van der Waals surface area contributed by atoms with Gasteiger partial charge in [0.25, 0.3) is 0 Å². The van der Waals surface area contributed by atoms with Gasteiger partial charge in [0.15, 0.2) is 4.77 Å². The van der Waals surface area contributed by atoms with Crippen molar-refractivity contribution in [2.24, 2.45) is 5.41 Å². The van der Waals surface area contributed by atoms with Crippen molar-refractivity contribution in [2.45, 2.75) is 64.3 Å². The van der Waals surface area contributed by atoms with Gasteiger partial charge in [-0.05, 0) is 49.7 Å². The number of hydrogen-bond acceptors (Lipinski definition) is 2. The summed E-state index contributed by atoms with van der Waals surface area (Å²) >= 11 is 5.42. The molecule has 4 heteroatoms. The molecule has 0 aliphatic heterocycles. The second-order valence-electron chi connectivity index (χ2n) is 6.45. The summed E-state index contributed by atoms with van der Waals surface area (Å²) in [5.41, 5.74) is 0.454. The third-order valence-corrected chi connectivity index (χ3v) is 4.51. The molecule has 2 saturated carbocycles. The molecule has 0 amide bonds. The van der Waals surface area contributed by atoms with Gasteiger partial charge < -0.3 is 4.57 Å². The Labute approximate surface area is 108 Å². The van der Waals surface area contributed by atoms with Crippen LogP contribution in [0, 0.1) is 10.2 Å². The van der Waals surface area contributed by atoms with Crippen molar-refractivity contribution in [2.75, 3.05) is 0 Å². The lowest BCUT2D eigenvalue weighted by Gasteiger charge is -2.36. The van der Waals surface area contributed by atoms with E-state index in [1.54, 1.807) is 0 Å². The molecule has 1 aromatic rings. The monoisotopic (exact) mass is 251 g/mol. The summed E-state index contributed by atoms with van der Waals surface area (Å²) in [7, 11) is 0. The minimum Gasteiger partial charge on any atom is -0.301 e. The number of rotatable bonds is 2. The lowest BCUT2D eigenvalue weighted by Crippen LogP contribution is -2.26. The number of nitrogens with zero attached hydrogens (tertiary/aromatic N) is 2. The Hall–Kier alpha value is -0.640. The third-order valence-electron chi connectivity index (χ3n) is 4.22. The van der Waals surface area contributed by atoms with E-state index in [-0.39, 0.29) is 0 Å². The average molecular weight is 251 g/mol. The molecule has 3 nitrogen and oxygen atoms in total. The predicted octanol–water partition coefficient (Wildman–Crippen LogP) is 3.96. The van der Waals surface area contributed by atoms with Crippen molar-refractivity contribution in [1.29, 1.82) is 0 Å². The quantitative estimate of drug-likeness (QED) is 0.807. The van der Waals surface area contributed by atoms with Gasteiger partial charge in [-0.2, -0.15) is 5.10 Å². The van der Waals surface area contributed by atoms with Gasteiger partial charge in [-0.1, -0.05) is 20.3 Å². The van der Waals surface area contributed by atoms with Crippen molar-refractivity contribution < 1.29 is 0 Å². The van der Waals surface area contributed by atoms with Gasteiger partial charge in [0.1, 0.15) is 5.82 Å². The minimum absolute atomic E-state index is 0.454. The number of hydrogen-bond donors (Lipinski definition) is 1. The van der Waals surface area contributed by atoms with Gasteiger partial charge in [0.2, 0.25) is 0 Å². The highest BCUT2D eigenvalue weighted by atomic mass is 32.1. The molecular formula is C13H21N3S. The van der Waals surface area contributed by atoms with E-state index in [9.17, 15) is 0 Å². The van der Waals surface area contributed by atoms with Gasteiger partial charge in [-0.3, -0.25) is 5.10 Å². The van der Waals surface area contributed by atoms with E-state index in [0.717, 1.165) is 4.77 Å². The van der Waals surface area contributed by atoms with Gasteiger partial charge in [-0.15, -0.1) is 0 Å². The summed E-state index contributed by atoms with van der Waals surface area (Å²) in [5, 5.41) is 7.45. The smallest absolute Gasteiger partial charge is 0.195 e. The van der Waals surface area contributed by atoms with Crippen LogP contribution in [0.25, 0.3) is 0 Å². The first kappa shape index (κ1) is 11.5. The zero-order valence-electron chi connectivity index (χ0n) is 10.7. The number of aromatic nitrogens is 3. The van der Waals surface area contributed by atoms with Crippen molar-refractivity contribution in [1.82, 2.24) is 14.8 Å². The predicted molar refractivity (Wildman–Crippen MR) is 70.7 cm³/mol. The van der Waals surface area contributed by atoms with Crippen LogP contribution in [0.1, 0.15) is 70.2 Å². The molecule has 0 radical (unpaired) electrons. The van der Waals surface area contributed by atoms with Crippen LogP contribution in [0.2, 0.25) is 0 Å². The Kier molecular flexibility index (Phi) is 2.65. The fourth-order valence-corrected chi connectivity index (χ4v) is 3.47. The first-order valence-electron chi connectivity index (χ1n) is 6.74. The highest BCUT2D eigenvalue weighted by molar-refractivity contribution is 7.71. The summed E-state index contributed by atoms with van der Waals surface area (Å²) in [5.74, 6) is 1.89. The molecule has 1 atom stereocenters. The second-order valence-corrected chi connectivity index (χ2v) is 6.83. The van der Waals surface area contributed by atoms with E-state index in [0.29, 0.717) is 17.4 Å². The average Bonchev–Trinajstić information content (AvgIpc) is 3.01. The first-order valence-corrected chi connectivity index (χ1v) is 7.14. The van der Waals surface area contributed by atoms with Crippen LogP contribution in [0.4, 0.5) is 0 Å². The largest absolute Gasteiger partial charge is 0.301 e. The minimum atomic E-state index is 0.454. The highest BCUT2D eigenvalue weighted by Gasteiger charge is 2.34. The maximum absolute atomic E-state index is 5.42. The summed E-state index contributed by atoms with van der Waals surface area (Å²) in [6.07, 6.45) is 7.73. The van der Waals surface area contributed by atoms with Gasteiger partial charge in [0.05, 0.1) is 0 Å². The normalized spacial score (nSPS) is 28.2. The van der Waals surface area contributed by atoms with Crippen LogP contribution in [-0.2, 0) is 0 Å². The molecule has 2 fully saturated rings. The van der Waals surface area contributed by atoms with Crippen molar-refractivity contribution >= 4 is 12.2 Å². The van der Waals surface area contributed by atoms with Gasteiger partial charge in [-0.25, -0.2) is 0 Å². The van der Waals surface area contributed by atoms with E-state index in [2.05, 4.69) is 28.6 Å². The first-order chi connectivity index (χ1) is 8.07. The molecule has 3 rings (SSSR count). The van der Waals surface area contributed by atoms with Crippen LogP contribution in [0.15, 0.2) is 0 Å². The van der Waals surface area contributed by atoms with Crippen LogP contribution in [-0.4, -0.2) is 14.8 Å². The second kappa shape index (κ2) is 3.94. The van der Waals surface area contributed by atoms with Crippen LogP contribution < -0.4 is 0 Å². The molecule has 1 heterocycles. The molecule has 2 aliphatic carbocycles. The molecule has 1 unspecified atom stereocenters. The van der Waals surface area contributed by atoms with Gasteiger partial charge >= 0.3 is 0 Å². The fourth-order valence-electron chi connectivity index (χ4n) is 3.18. The molecular weight excluding hydrogens is 230 g/mol. The topological polar surface area (TPSA) is 33.6 Å². The zero-order valence-corrected chi connectivity index (χ0v) is 11.5. The Bertz CT molecular complexity index is 467. The molecule has 0 spiro atoms. The molecule has 0 bridgehead atoms. The maximum Gasteiger partial charge on any atom is 0.195 e. The van der Waals surface area contributed by atoms with E-state index in [1.165, 1.54) is 44.3 Å². The van der Waals surface area contributed by atoms with Crippen molar-refractivity contribution in [3.05, 3.63) is 10.6 Å². The Morgan fingerprint density at radius 1 is 1.35 bits per heavy atom. The summed E-state index contributed by atoms with van der Waals surface area (Å²) in [4.78, 5) is 0. The molecule has 2 aliphatic rings. The number of aromatic amines is 1. The maximum atomic E-state index is 5.42. The van der Waals surface area contributed by atoms with Gasteiger partial charge in [0, 0.05) is 12.0 Å². The Morgan fingerprint density at radius 2 is 2.12 bits per heavy atom. The van der Waals surface area contributed by atoms with E-state index in [4.69, 9.17) is 12.2 Å². The SMILES string of the molecule is CC1(C)CCCC(n2c(C3CC3)n[nH]c2=S)C1. The standard InChI is InChI=1S/C13H21N3S/c1-13(2)7-3-4-10(8-13)16-11(9-5-6-9)14-15-12(16)17/h9-10H,3-8H2,1-2H3,(H,15,17). The van der Waals surface area contributed by atoms with Crippen LogP contribution in [0.3, 0.4) is 0 Å². The molecule has 1 N–H and O–H groups in total. The number of nitrogens with one attached hydrogen (secondary N) is 1. The summed E-state index contributed by atoms with van der Waals surface area (Å²) in [6.45, 7) is 4.75. The zero-order chi connectivity index (χ0) is 12.0. The summed E-state index contributed by atoms with van der Waals surface area (Å²) < 4.78 is 3.16. The molecule has 17 heavy (non-hydrogen) atoms. The lowest BCUT2D eigenvalue weighted by atomic mass is 9.75. The van der Waals surface area contributed by atoms with Crippen molar-refractivity contribution in [3.63, 3.8) is 0 Å². The van der Waals surface area contributed by atoms with Crippen LogP contribution in [0.5, 0.6) is 0 Å². The molecule has 1 aromatic heterocycles. The van der Waals surface area contributed by atoms with Crippen LogP contribution >= 0.6 is 12.2 Å². The highest BCUT2D eigenvalue weighted by Crippen LogP contribution is 2.45. The fraction of sp³-hybridized carbons (Fsp3) is 0.846. The van der Waals surface area contributed by atoms with Crippen molar-refractivity contribution in [3.8, 4) is 0 Å².